The molecule has 9 heteroatoms. The highest BCUT2D eigenvalue weighted by molar-refractivity contribution is 6.36. The lowest BCUT2D eigenvalue weighted by molar-refractivity contribution is -0.112. The second-order valence-corrected chi connectivity index (χ2v) is 7.40. The molecule has 0 saturated heterocycles. The van der Waals surface area contributed by atoms with Crippen molar-refractivity contribution in [2.45, 2.75) is 0 Å². The van der Waals surface area contributed by atoms with Crippen LogP contribution in [0.25, 0.3) is 6.08 Å². The highest BCUT2D eigenvalue weighted by Gasteiger charge is 2.15. The van der Waals surface area contributed by atoms with Crippen LogP contribution in [0.5, 0.6) is 11.5 Å². The third-order valence-corrected chi connectivity index (χ3v) is 4.87. The van der Waals surface area contributed by atoms with E-state index < -0.39 is 17.7 Å². The first-order valence-corrected chi connectivity index (χ1v) is 10.1. The molecular weight excluding hydrogens is 470 g/mol. The van der Waals surface area contributed by atoms with E-state index in [-0.39, 0.29) is 33.3 Å². The van der Waals surface area contributed by atoms with Crippen molar-refractivity contribution in [2.24, 2.45) is 0 Å². The number of hydrogen-bond acceptors (Lipinski definition) is 5. The maximum Gasteiger partial charge on any atom is 0.343 e. The Kier molecular flexibility index (Phi) is 7.67. The summed E-state index contributed by atoms with van der Waals surface area (Å²) in [4.78, 5) is 24.8. The average molecular weight is 485 g/mol. The van der Waals surface area contributed by atoms with Gasteiger partial charge in [0.1, 0.15) is 17.5 Å². The van der Waals surface area contributed by atoms with Gasteiger partial charge in [-0.1, -0.05) is 35.3 Å². The summed E-state index contributed by atoms with van der Waals surface area (Å²) in [5.74, 6) is -1.78. The Labute approximate surface area is 198 Å². The van der Waals surface area contributed by atoms with Crippen molar-refractivity contribution in [3.63, 3.8) is 0 Å². The van der Waals surface area contributed by atoms with Crippen LogP contribution < -0.4 is 14.8 Å². The number of nitrogens with zero attached hydrogens (tertiary/aromatic N) is 1. The van der Waals surface area contributed by atoms with E-state index >= 15 is 0 Å². The molecule has 1 N–H and O–H groups in total. The first kappa shape index (κ1) is 23.8. The summed E-state index contributed by atoms with van der Waals surface area (Å²) in [7, 11) is 1.36. The van der Waals surface area contributed by atoms with Gasteiger partial charge in [0, 0.05) is 5.02 Å². The van der Waals surface area contributed by atoms with Gasteiger partial charge in [0.2, 0.25) is 0 Å². The zero-order valence-corrected chi connectivity index (χ0v) is 18.6. The standard InChI is InChI=1S/C24H15Cl2FN2O4/c1-32-22-10-14(5-8-21(22)33-24(31)15-3-2-4-18(27)11-15)9-16(13-28)23(30)29-20-12-17(25)6-7-19(20)26/h2-12H,1H3,(H,29,30)/b16-9+. The number of halogens is 3. The molecule has 0 saturated carbocycles. The van der Waals surface area contributed by atoms with Crippen LogP contribution in [0.2, 0.25) is 10.0 Å². The second kappa shape index (κ2) is 10.6. The fourth-order valence-corrected chi connectivity index (χ4v) is 3.07. The molecule has 0 heterocycles. The molecule has 0 aliphatic carbocycles. The van der Waals surface area contributed by atoms with Crippen LogP contribution >= 0.6 is 23.2 Å². The molecule has 6 nitrogen and oxygen atoms in total. The number of nitrogens with one attached hydrogen (secondary N) is 1. The third kappa shape index (κ3) is 6.10. The Hall–Kier alpha value is -3.86. The molecule has 0 aliphatic rings. The van der Waals surface area contributed by atoms with Gasteiger partial charge in [-0.25, -0.2) is 9.18 Å². The number of carbonyl (C=O) groups is 2. The summed E-state index contributed by atoms with van der Waals surface area (Å²) >= 11 is 12.0. The van der Waals surface area contributed by atoms with Crippen molar-refractivity contribution in [3.05, 3.63) is 93.2 Å². The third-order valence-electron chi connectivity index (χ3n) is 4.30. The van der Waals surface area contributed by atoms with Gasteiger partial charge in [-0.05, 0) is 60.2 Å². The maximum absolute atomic E-state index is 13.4. The zero-order valence-electron chi connectivity index (χ0n) is 17.1. The van der Waals surface area contributed by atoms with Gasteiger partial charge in [0.05, 0.1) is 23.4 Å². The SMILES string of the molecule is COc1cc(/C=C(\C#N)C(=O)Nc2cc(Cl)ccc2Cl)ccc1OC(=O)c1cccc(F)c1. The summed E-state index contributed by atoms with van der Waals surface area (Å²) in [6, 6.07) is 15.9. The highest BCUT2D eigenvalue weighted by atomic mass is 35.5. The maximum atomic E-state index is 13.4. The molecule has 0 atom stereocenters. The van der Waals surface area contributed by atoms with E-state index in [9.17, 15) is 19.2 Å². The smallest absolute Gasteiger partial charge is 0.343 e. The number of anilines is 1. The molecule has 166 valence electrons. The van der Waals surface area contributed by atoms with Gasteiger partial charge in [-0.3, -0.25) is 4.79 Å². The molecule has 3 aromatic carbocycles. The number of methoxy groups -OCH3 is 1. The van der Waals surface area contributed by atoms with Gasteiger partial charge in [0.15, 0.2) is 11.5 Å². The van der Waals surface area contributed by atoms with Crippen LogP contribution in [0, 0.1) is 17.1 Å². The lowest BCUT2D eigenvalue weighted by Gasteiger charge is -2.10. The van der Waals surface area contributed by atoms with Gasteiger partial charge in [-0.15, -0.1) is 0 Å². The summed E-state index contributed by atoms with van der Waals surface area (Å²) in [5, 5.41) is 12.6. The van der Waals surface area contributed by atoms with Crippen LogP contribution in [-0.4, -0.2) is 19.0 Å². The van der Waals surface area contributed by atoms with Gasteiger partial charge in [0.25, 0.3) is 5.91 Å². The largest absolute Gasteiger partial charge is 0.493 e. The minimum atomic E-state index is -0.772. The molecule has 0 fully saturated rings. The van der Waals surface area contributed by atoms with Crippen molar-refractivity contribution in [1.29, 1.82) is 5.26 Å². The number of benzene rings is 3. The molecule has 0 radical (unpaired) electrons. The van der Waals surface area contributed by atoms with Gasteiger partial charge < -0.3 is 14.8 Å². The number of carbonyl (C=O) groups excluding carboxylic acids is 2. The summed E-state index contributed by atoms with van der Waals surface area (Å²) in [6.45, 7) is 0. The molecule has 0 aliphatic heterocycles. The average Bonchev–Trinajstić information content (AvgIpc) is 2.80. The number of nitriles is 1. The Morgan fingerprint density at radius 2 is 1.85 bits per heavy atom. The summed E-state index contributed by atoms with van der Waals surface area (Å²) < 4.78 is 23.9. The number of hydrogen-bond donors (Lipinski definition) is 1. The topological polar surface area (TPSA) is 88.4 Å². The van der Waals surface area contributed by atoms with Crippen molar-refractivity contribution >= 4 is 46.8 Å². The van der Waals surface area contributed by atoms with Crippen LogP contribution in [0.15, 0.2) is 66.2 Å². The quantitative estimate of drug-likeness (QED) is 0.203. The molecule has 3 aromatic rings. The monoisotopic (exact) mass is 484 g/mol. The number of esters is 1. The molecular formula is C24H15Cl2FN2O4. The summed E-state index contributed by atoms with van der Waals surface area (Å²) in [5.41, 5.74) is 0.510. The van der Waals surface area contributed by atoms with E-state index in [0.29, 0.717) is 10.6 Å². The minimum Gasteiger partial charge on any atom is -0.493 e. The van der Waals surface area contributed by atoms with Gasteiger partial charge >= 0.3 is 5.97 Å². The molecule has 33 heavy (non-hydrogen) atoms. The predicted molar refractivity (Wildman–Crippen MR) is 123 cm³/mol. The Morgan fingerprint density at radius 3 is 2.55 bits per heavy atom. The molecule has 0 bridgehead atoms. The van der Waals surface area contributed by atoms with Crippen molar-refractivity contribution < 1.29 is 23.5 Å². The number of rotatable bonds is 6. The predicted octanol–water partition coefficient (Wildman–Crippen LogP) is 5.91. The lowest BCUT2D eigenvalue weighted by atomic mass is 10.1. The molecule has 1 amide bonds. The molecule has 0 spiro atoms. The lowest BCUT2D eigenvalue weighted by Crippen LogP contribution is -2.13. The van der Waals surface area contributed by atoms with Crippen LogP contribution in [-0.2, 0) is 4.79 Å². The normalized spacial score (nSPS) is 10.8. The molecule has 0 aromatic heterocycles. The van der Waals surface area contributed by atoms with Crippen molar-refractivity contribution in [3.8, 4) is 17.6 Å². The van der Waals surface area contributed by atoms with E-state index in [4.69, 9.17) is 32.7 Å². The fourth-order valence-electron chi connectivity index (χ4n) is 2.73. The highest BCUT2D eigenvalue weighted by Crippen LogP contribution is 2.30. The molecule has 3 rings (SSSR count). The van der Waals surface area contributed by atoms with E-state index in [1.54, 1.807) is 6.07 Å². The first-order valence-electron chi connectivity index (χ1n) is 9.34. The first-order chi connectivity index (χ1) is 15.8. The fraction of sp³-hybridized carbons (Fsp3) is 0.0417. The summed E-state index contributed by atoms with van der Waals surface area (Å²) in [6.07, 6.45) is 1.33. The number of ether oxygens (including phenoxy) is 2. The van der Waals surface area contributed by atoms with Crippen molar-refractivity contribution in [2.75, 3.05) is 12.4 Å². The minimum absolute atomic E-state index is 0.0316. The second-order valence-electron chi connectivity index (χ2n) is 6.56. The van der Waals surface area contributed by atoms with Crippen LogP contribution in [0.4, 0.5) is 10.1 Å². The molecule has 0 unspecified atom stereocenters. The van der Waals surface area contributed by atoms with Crippen LogP contribution in [0.3, 0.4) is 0 Å². The van der Waals surface area contributed by atoms with E-state index in [1.807, 2.05) is 6.07 Å². The Bertz CT molecular complexity index is 1300. The zero-order chi connectivity index (χ0) is 24.0. The van der Waals surface area contributed by atoms with Gasteiger partial charge in [-0.2, -0.15) is 5.26 Å². The number of amides is 1. The van der Waals surface area contributed by atoms with E-state index in [1.165, 1.54) is 61.7 Å². The Balaban J connectivity index is 1.82. The van der Waals surface area contributed by atoms with Crippen LogP contribution in [0.1, 0.15) is 15.9 Å². The van der Waals surface area contributed by atoms with E-state index in [0.717, 1.165) is 6.07 Å². The van der Waals surface area contributed by atoms with Crippen molar-refractivity contribution in [1.82, 2.24) is 0 Å². The van der Waals surface area contributed by atoms with E-state index in [2.05, 4.69) is 5.32 Å². The Morgan fingerprint density at radius 1 is 1.06 bits per heavy atom.